The van der Waals surface area contributed by atoms with Gasteiger partial charge in [0.2, 0.25) is 5.89 Å². The van der Waals surface area contributed by atoms with E-state index in [9.17, 15) is 0 Å². The van der Waals surface area contributed by atoms with Crippen molar-refractivity contribution in [2.75, 3.05) is 0 Å². The summed E-state index contributed by atoms with van der Waals surface area (Å²) in [4.78, 5) is 4.36. The van der Waals surface area contributed by atoms with Crippen molar-refractivity contribution >= 4 is 0 Å². The zero-order valence-corrected chi connectivity index (χ0v) is 8.57. The first-order chi connectivity index (χ1) is 6.81. The summed E-state index contributed by atoms with van der Waals surface area (Å²) < 4.78 is 5.14. The van der Waals surface area contributed by atoms with Gasteiger partial charge in [0.15, 0.2) is 5.82 Å². The van der Waals surface area contributed by atoms with E-state index in [1.165, 1.54) is 25.7 Å². The van der Waals surface area contributed by atoms with Gasteiger partial charge >= 0.3 is 0 Å². The van der Waals surface area contributed by atoms with Gasteiger partial charge in [-0.05, 0) is 19.3 Å². The van der Waals surface area contributed by atoms with Gasteiger partial charge in [-0.3, -0.25) is 0 Å². The summed E-state index contributed by atoms with van der Waals surface area (Å²) in [5.74, 6) is 1.97. The molecule has 1 aliphatic rings. The summed E-state index contributed by atoms with van der Waals surface area (Å²) in [6, 6.07) is -0.0994. The standard InChI is InChI=1S/C10H17N3O/c1-2-8(11)10-12-9(13-14-10)7-5-3-4-6-7/h7-8H,2-6,11H2,1H3/t8-/m1/s1. The maximum absolute atomic E-state index is 5.81. The minimum Gasteiger partial charge on any atom is -0.338 e. The van der Waals surface area contributed by atoms with Crippen LogP contribution in [0.3, 0.4) is 0 Å². The summed E-state index contributed by atoms with van der Waals surface area (Å²) in [6.45, 7) is 2.02. The highest BCUT2D eigenvalue weighted by atomic mass is 16.5. The second kappa shape index (κ2) is 4.09. The molecule has 4 heteroatoms. The molecule has 1 fully saturated rings. The molecule has 14 heavy (non-hydrogen) atoms. The first-order valence-electron chi connectivity index (χ1n) is 5.40. The van der Waals surface area contributed by atoms with Crippen LogP contribution in [0, 0.1) is 0 Å². The molecule has 1 aromatic rings. The lowest BCUT2D eigenvalue weighted by Crippen LogP contribution is -2.09. The van der Waals surface area contributed by atoms with Crippen molar-refractivity contribution < 1.29 is 4.52 Å². The van der Waals surface area contributed by atoms with E-state index in [2.05, 4.69) is 10.1 Å². The van der Waals surface area contributed by atoms with Crippen LogP contribution < -0.4 is 5.73 Å². The molecule has 1 aliphatic carbocycles. The Kier molecular flexibility index (Phi) is 2.82. The lowest BCUT2D eigenvalue weighted by atomic mass is 10.1. The largest absolute Gasteiger partial charge is 0.338 e. The normalized spacial score (nSPS) is 20.1. The molecule has 1 atom stereocenters. The van der Waals surface area contributed by atoms with E-state index < -0.39 is 0 Å². The summed E-state index contributed by atoms with van der Waals surface area (Å²) >= 11 is 0. The van der Waals surface area contributed by atoms with Gasteiger partial charge in [0, 0.05) is 5.92 Å². The number of aromatic nitrogens is 2. The van der Waals surface area contributed by atoms with E-state index in [0.29, 0.717) is 11.8 Å². The van der Waals surface area contributed by atoms with Crippen LogP contribution in [-0.2, 0) is 0 Å². The third-order valence-electron chi connectivity index (χ3n) is 2.93. The summed E-state index contributed by atoms with van der Waals surface area (Å²) in [6.07, 6.45) is 5.80. The van der Waals surface area contributed by atoms with Crippen molar-refractivity contribution in [1.82, 2.24) is 10.1 Å². The lowest BCUT2D eigenvalue weighted by molar-refractivity contribution is 0.346. The third kappa shape index (κ3) is 1.80. The second-order valence-corrected chi connectivity index (χ2v) is 3.99. The fourth-order valence-corrected chi connectivity index (χ4v) is 1.92. The Labute approximate surface area is 83.9 Å². The highest BCUT2D eigenvalue weighted by molar-refractivity contribution is 4.99. The number of rotatable bonds is 3. The minimum atomic E-state index is -0.0994. The Bertz CT molecular complexity index is 291. The summed E-state index contributed by atoms with van der Waals surface area (Å²) in [7, 11) is 0. The van der Waals surface area contributed by atoms with Gasteiger partial charge in [-0.2, -0.15) is 4.98 Å². The molecule has 0 aliphatic heterocycles. The molecule has 0 aromatic carbocycles. The lowest BCUT2D eigenvalue weighted by Gasteiger charge is -2.01. The fourth-order valence-electron chi connectivity index (χ4n) is 1.92. The van der Waals surface area contributed by atoms with Gasteiger partial charge < -0.3 is 10.3 Å². The summed E-state index contributed by atoms with van der Waals surface area (Å²) in [5, 5.41) is 4.00. The van der Waals surface area contributed by atoms with Gasteiger partial charge in [0.1, 0.15) is 0 Å². The van der Waals surface area contributed by atoms with E-state index in [1.807, 2.05) is 6.92 Å². The van der Waals surface area contributed by atoms with Gasteiger partial charge in [-0.25, -0.2) is 0 Å². The second-order valence-electron chi connectivity index (χ2n) is 3.99. The van der Waals surface area contributed by atoms with E-state index in [4.69, 9.17) is 10.3 Å². The Hall–Kier alpha value is -0.900. The molecular weight excluding hydrogens is 178 g/mol. The molecule has 0 saturated heterocycles. The molecule has 2 N–H and O–H groups in total. The van der Waals surface area contributed by atoms with E-state index in [0.717, 1.165) is 12.2 Å². The first kappa shape index (κ1) is 9.65. The van der Waals surface area contributed by atoms with Crippen LogP contribution in [-0.4, -0.2) is 10.1 Å². The Morgan fingerprint density at radius 1 is 1.50 bits per heavy atom. The molecule has 2 rings (SSSR count). The minimum absolute atomic E-state index is 0.0994. The monoisotopic (exact) mass is 195 g/mol. The molecular formula is C10H17N3O. The molecule has 4 nitrogen and oxygen atoms in total. The van der Waals surface area contributed by atoms with Crippen molar-refractivity contribution in [3.8, 4) is 0 Å². The molecule has 0 radical (unpaired) electrons. The van der Waals surface area contributed by atoms with Crippen LogP contribution in [0.25, 0.3) is 0 Å². The van der Waals surface area contributed by atoms with Crippen LogP contribution in [0.4, 0.5) is 0 Å². The molecule has 0 spiro atoms. The van der Waals surface area contributed by atoms with Crippen molar-refractivity contribution in [3.05, 3.63) is 11.7 Å². The molecule has 0 amide bonds. The van der Waals surface area contributed by atoms with Crippen LogP contribution in [0.15, 0.2) is 4.52 Å². The molecule has 0 unspecified atom stereocenters. The maximum Gasteiger partial charge on any atom is 0.243 e. The molecule has 1 aromatic heterocycles. The smallest absolute Gasteiger partial charge is 0.243 e. The Balaban J connectivity index is 2.08. The van der Waals surface area contributed by atoms with Crippen molar-refractivity contribution in [2.24, 2.45) is 5.73 Å². The zero-order chi connectivity index (χ0) is 9.97. The summed E-state index contributed by atoms with van der Waals surface area (Å²) in [5.41, 5.74) is 5.81. The number of hydrogen-bond donors (Lipinski definition) is 1. The first-order valence-corrected chi connectivity index (χ1v) is 5.40. The van der Waals surface area contributed by atoms with E-state index >= 15 is 0 Å². The van der Waals surface area contributed by atoms with E-state index in [1.54, 1.807) is 0 Å². The SMILES string of the molecule is CC[C@@H](N)c1nc(C2CCCC2)no1. The molecule has 1 heterocycles. The van der Waals surface area contributed by atoms with Crippen LogP contribution >= 0.6 is 0 Å². The highest BCUT2D eigenvalue weighted by Gasteiger charge is 2.23. The van der Waals surface area contributed by atoms with Crippen molar-refractivity contribution in [3.63, 3.8) is 0 Å². The number of nitrogens with zero attached hydrogens (tertiary/aromatic N) is 2. The molecule has 1 saturated carbocycles. The predicted octanol–water partition coefficient (Wildman–Crippen LogP) is 2.14. The average Bonchev–Trinajstić information content (AvgIpc) is 2.86. The van der Waals surface area contributed by atoms with Crippen molar-refractivity contribution in [1.29, 1.82) is 0 Å². The van der Waals surface area contributed by atoms with Gasteiger partial charge in [-0.1, -0.05) is 24.9 Å². The van der Waals surface area contributed by atoms with E-state index in [-0.39, 0.29) is 6.04 Å². The van der Waals surface area contributed by atoms with Crippen LogP contribution in [0.2, 0.25) is 0 Å². The van der Waals surface area contributed by atoms with Crippen molar-refractivity contribution in [2.45, 2.75) is 51.0 Å². The maximum atomic E-state index is 5.81. The Morgan fingerprint density at radius 2 is 2.21 bits per heavy atom. The van der Waals surface area contributed by atoms with Crippen LogP contribution in [0.1, 0.15) is 62.7 Å². The molecule has 78 valence electrons. The Morgan fingerprint density at radius 3 is 2.86 bits per heavy atom. The zero-order valence-electron chi connectivity index (χ0n) is 8.57. The fraction of sp³-hybridized carbons (Fsp3) is 0.800. The third-order valence-corrected chi connectivity index (χ3v) is 2.93. The number of hydrogen-bond acceptors (Lipinski definition) is 4. The van der Waals surface area contributed by atoms with Gasteiger partial charge in [0.05, 0.1) is 6.04 Å². The van der Waals surface area contributed by atoms with Crippen LogP contribution in [0.5, 0.6) is 0 Å². The van der Waals surface area contributed by atoms with Gasteiger partial charge in [-0.15, -0.1) is 0 Å². The topological polar surface area (TPSA) is 64.9 Å². The average molecular weight is 195 g/mol. The predicted molar refractivity (Wildman–Crippen MR) is 52.7 cm³/mol. The number of nitrogens with two attached hydrogens (primary N) is 1. The highest BCUT2D eigenvalue weighted by Crippen LogP contribution is 2.32. The van der Waals surface area contributed by atoms with Gasteiger partial charge in [0.25, 0.3) is 0 Å². The quantitative estimate of drug-likeness (QED) is 0.802. The molecule has 0 bridgehead atoms.